The van der Waals surface area contributed by atoms with Crippen LogP contribution in [0, 0.1) is 17.2 Å². The summed E-state index contributed by atoms with van der Waals surface area (Å²) < 4.78 is 20.9. The average Bonchev–Trinajstić information content (AvgIpc) is 3.24. The maximum absolute atomic E-state index is 15.0. The van der Waals surface area contributed by atoms with Crippen molar-refractivity contribution in [2.75, 3.05) is 32.8 Å². The Bertz CT molecular complexity index is 1110. The van der Waals surface area contributed by atoms with E-state index in [-0.39, 0.29) is 24.1 Å². The van der Waals surface area contributed by atoms with Crippen LogP contribution in [0.2, 0.25) is 0 Å². The number of aromatic nitrogens is 1. The van der Waals surface area contributed by atoms with Gasteiger partial charge in [-0.3, -0.25) is 14.6 Å². The molecule has 0 spiro atoms. The highest BCUT2D eigenvalue weighted by atomic mass is 19.1. The highest BCUT2D eigenvalue weighted by Crippen LogP contribution is 2.27. The van der Waals surface area contributed by atoms with Gasteiger partial charge in [0.15, 0.2) is 0 Å². The number of aliphatic hydroxyl groups excluding tert-OH is 1. The SMILES string of the molecule is CC(C)(C)CN1CCC(COc2ccc(-c3ccc(C(=O)N4C[C@H](O)C[C@H]4C(N)=O)cc3F)nc2)CC1. The number of rotatable bonds is 7. The molecule has 2 atom stereocenters. The third-order valence-corrected chi connectivity index (χ3v) is 6.99. The predicted octanol–water partition coefficient (Wildman–Crippen LogP) is 3.09. The molecule has 0 bridgehead atoms. The lowest BCUT2D eigenvalue weighted by Gasteiger charge is -2.35. The summed E-state index contributed by atoms with van der Waals surface area (Å²) in [6, 6.07) is 6.66. The summed E-state index contributed by atoms with van der Waals surface area (Å²) in [6.45, 7) is 10.7. The standard InChI is InChI=1S/C28H37FN4O4/c1-28(2,3)17-32-10-8-18(9-11-32)16-37-21-5-7-24(31-14-21)22-6-4-19(12-23(22)29)27(36)33-15-20(34)13-25(33)26(30)35/h4-7,12,14,18,20,25,34H,8-11,13,15-17H2,1-3H3,(H2,30,35)/t20-,25+/m1/s1. The zero-order chi connectivity index (χ0) is 26.7. The predicted molar refractivity (Wildman–Crippen MR) is 138 cm³/mol. The Balaban J connectivity index is 1.33. The van der Waals surface area contributed by atoms with Crippen molar-refractivity contribution in [3.05, 3.63) is 47.9 Å². The fourth-order valence-electron chi connectivity index (χ4n) is 5.15. The van der Waals surface area contributed by atoms with Crippen molar-refractivity contribution in [2.45, 2.75) is 52.2 Å². The molecule has 2 aliphatic heterocycles. The van der Waals surface area contributed by atoms with Crippen LogP contribution in [0.1, 0.15) is 50.4 Å². The molecule has 0 unspecified atom stereocenters. The summed E-state index contributed by atoms with van der Waals surface area (Å²) in [5, 5.41) is 9.85. The Morgan fingerprint density at radius 2 is 1.92 bits per heavy atom. The fraction of sp³-hybridized carbons (Fsp3) is 0.536. The van der Waals surface area contributed by atoms with Crippen molar-refractivity contribution >= 4 is 11.8 Å². The summed E-state index contributed by atoms with van der Waals surface area (Å²) in [7, 11) is 0. The van der Waals surface area contributed by atoms with E-state index in [0.717, 1.165) is 38.5 Å². The molecule has 1 aromatic heterocycles. The Kier molecular flexibility index (Phi) is 8.14. The van der Waals surface area contributed by atoms with E-state index >= 15 is 0 Å². The van der Waals surface area contributed by atoms with E-state index in [1.54, 1.807) is 18.3 Å². The summed E-state index contributed by atoms with van der Waals surface area (Å²) >= 11 is 0. The van der Waals surface area contributed by atoms with E-state index in [2.05, 4.69) is 30.7 Å². The van der Waals surface area contributed by atoms with Crippen molar-refractivity contribution < 1.29 is 23.8 Å². The highest BCUT2D eigenvalue weighted by molar-refractivity contribution is 5.98. The van der Waals surface area contributed by atoms with Crippen molar-refractivity contribution in [1.29, 1.82) is 0 Å². The second-order valence-electron chi connectivity index (χ2n) is 11.4. The van der Waals surface area contributed by atoms with Gasteiger partial charge in [0, 0.05) is 30.6 Å². The first-order valence-electron chi connectivity index (χ1n) is 12.9. The Hall–Kier alpha value is -3.04. The Morgan fingerprint density at radius 3 is 2.51 bits per heavy atom. The topological polar surface area (TPSA) is 109 Å². The second kappa shape index (κ2) is 11.1. The molecule has 3 heterocycles. The highest BCUT2D eigenvalue weighted by Gasteiger charge is 2.38. The molecule has 0 aliphatic carbocycles. The third-order valence-electron chi connectivity index (χ3n) is 6.99. The number of piperidine rings is 1. The number of nitrogens with zero attached hydrogens (tertiary/aromatic N) is 3. The molecule has 2 aromatic rings. The molecular formula is C28H37FN4O4. The molecule has 3 N–H and O–H groups in total. The van der Waals surface area contributed by atoms with Crippen molar-refractivity contribution in [3.8, 4) is 17.0 Å². The minimum absolute atomic E-state index is 0.0190. The molecule has 1 aromatic carbocycles. The number of halogens is 1. The number of aliphatic hydroxyl groups is 1. The molecule has 2 aliphatic rings. The molecule has 8 nitrogen and oxygen atoms in total. The first kappa shape index (κ1) is 27.0. The Labute approximate surface area is 217 Å². The maximum Gasteiger partial charge on any atom is 0.254 e. The van der Waals surface area contributed by atoms with Gasteiger partial charge in [-0.15, -0.1) is 0 Å². The molecular weight excluding hydrogens is 475 g/mol. The summed E-state index contributed by atoms with van der Waals surface area (Å²) in [4.78, 5) is 32.6. The van der Waals surface area contributed by atoms with E-state index in [0.29, 0.717) is 29.4 Å². The monoisotopic (exact) mass is 512 g/mol. The normalized spacial score (nSPS) is 21.3. The lowest BCUT2D eigenvalue weighted by atomic mass is 9.92. The van der Waals surface area contributed by atoms with Gasteiger partial charge >= 0.3 is 0 Å². The number of β-amino-alcohol motifs (C(OH)–C–C–N with tert-alkyl or cyclic N) is 1. The van der Waals surface area contributed by atoms with Crippen LogP contribution in [-0.4, -0.2) is 76.6 Å². The molecule has 0 radical (unpaired) electrons. The Morgan fingerprint density at radius 1 is 1.19 bits per heavy atom. The number of ether oxygens (including phenoxy) is 1. The lowest BCUT2D eigenvalue weighted by molar-refractivity contribution is -0.121. The molecule has 2 fully saturated rings. The summed E-state index contributed by atoms with van der Waals surface area (Å²) in [6.07, 6.45) is 3.04. The molecule has 4 rings (SSSR count). The van der Waals surface area contributed by atoms with Crippen LogP contribution in [0.25, 0.3) is 11.3 Å². The van der Waals surface area contributed by atoms with E-state index in [1.807, 2.05) is 0 Å². The number of hydrogen-bond acceptors (Lipinski definition) is 6. The van der Waals surface area contributed by atoms with Gasteiger partial charge in [-0.1, -0.05) is 20.8 Å². The molecule has 37 heavy (non-hydrogen) atoms. The fourth-order valence-corrected chi connectivity index (χ4v) is 5.15. The number of benzene rings is 1. The van der Waals surface area contributed by atoms with Crippen LogP contribution in [0.4, 0.5) is 4.39 Å². The van der Waals surface area contributed by atoms with Crippen LogP contribution < -0.4 is 10.5 Å². The minimum Gasteiger partial charge on any atom is -0.492 e. The van der Waals surface area contributed by atoms with Crippen LogP contribution in [-0.2, 0) is 4.79 Å². The zero-order valence-electron chi connectivity index (χ0n) is 21.8. The second-order valence-corrected chi connectivity index (χ2v) is 11.4. The lowest BCUT2D eigenvalue weighted by Crippen LogP contribution is -2.43. The van der Waals surface area contributed by atoms with E-state index < -0.39 is 29.8 Å². The number of amides is 2. The van der Waals surface area contributed by atoms with Gasteiger partial charge in [0.25, 0.3) is 5.91 Å². The quantitative estimate of drug-likeness (QED) is 0.590. The largest absolute Gasteiger partial charge is 0.492 e. The van der Waals surface area contributed by atoms with Gasteiger partial charge in [0.1, 0.15) is 17.6 Å². The number of primary amides is 1. The zero-order valence-corrected chi connectivity index (χ0v) is 21.8. The van der Waals surface area contributed by atoms with Gasteiger partial charge in [0.05, 0.1) is 24.6 Å². The van der Waals surface area contributed by atoms with E-state index in [9.17, 15) is 19.1 Å². The van der Waals surface area contributed by atoms with Gasteiger partial charge in [-0.05, 0) is 67.6 Å². The first-order chi connectivity index (χ1) is 17.5. The molecule has 2 saturated heterocycles. The van der Waals surface area contributed by atoms with Gasteiger partial charge < -0.3 is 25.4 Å². The van der Waals surface area contributed by atoms with Crippen LogP contribution >= 0.6 is 0 Å². The molecule has 9 heteroatoms. The van der Waals surface area contributed by atoms with Gasteiger partial charge in [0.2, 0.25) is 5.91 Å². The smallest absolute Gasteiger partial charge is 0.254 e. The number of hydrogen-bond donors (Lipinski definition) is 2. The number of carbonyl (C=O) groups is 2. The number of pyridine rings is 1. The van der Waals surface area contributed by atoms with Crippen LogP contribution in [0.5, 0.6) is 5.75 Å². The van der Waals surface area contributed by atoms with Gasteiger partial charge in [-0.25, -0.2) is 4.39 Å². The average molecular weight is 513 g/mol. The van der Waals surface area contributed by atoms with Crippen molar-refractivity contribution in [1.82, 2.24) is 14.8 Å². The van der Waals surface area contributed by atoms with Crippen molar-refractivity contribution in [3.63, 3.8) is 0 Å². The number of likely N-dealkylation sites (tertiary alicyclic amines) is 2. The maximum atomic E-state index is 15.0. The molecule has 200 valence electrons. The number of nitrogens with two attached hydrogens (primary N) is 1. The van der Waals surface area contributed by atoms with Crippen LogP contribution in [0.3, 0.4) is 0 Å². The first-order valence-corrected chi connectivity index (χ1v) is 12.9. The van der Waals surface area contributed by atoms with E-state index in [4.69, 9.17) is 10.5 Å². The van der Waals surface area contributed by atoms with Gasteiger partial charge in [-0.2, -0.15) is 0 Å². The number of carbonyl (C=O) groups excluding carboxylic acids is 2. The summed E-state index contributed by atoms with van der Waals surface area (Å²) in [5.41, 5.74) is 6.42. The van der Waals surface area contributed by atoms with Crippen LogP contribution in [0.15, 0.2) is 36.5 Å². The summed E-state index contributed by atoms with van der Waals surface area (Å²) in [5.74, 6) is -0.710. The molecule has 0 saturated carbocycles. The van der Waals surface area contributed by atoms with E-state index in [1.165, 1.54) is 17.0 Å². The minimum atomic E-state index is -0.907. The van der Waals surface area contributed by atoms with Crippen molar-refractivity contribution in [2.24, 2.45) is 17.1 Å². The molecule has 2 amide bonds. The third kappa shape index (κ3) is 6.84.